The van der Waals surface area contributed by atoms with Gasteiger partial charge >= 0.3 is 0 Å². The van der Waals surface area contributed by atoms with Crippen molar-refractivity contribution >= 4 is 29.6 Å². The van der Waals surface area contributed by atoms with Crippen LogP contribution >= 0.6 is 0 Å². The van der Waals surface area contributed by atoms with Gasteiger partial charge in [0.2, 0.25) is 5.91 Å². The van der Waals surface area contributed by atoms with Crippen LogP contribution in [0.3, 0.4) is 0 Å². The summed E-state index contributed by atoms with van der Waals surface area (Å²) in [6.45, 7) is 7.24. The third kappa shape index (κ3) is 5.20. The number of amides is 2. The van der Waals surface area contributed by atoms with Crippen LogP contribution in [0.15, 0.2) is 45.9 Å². The first kappa shape index (κ1) is 18.3. The minimum Gasteiger partial charge on any atom is -0.440 e. The number of nitrogens with one attached hydrogen (secondary N) is 2. The minimum atomic E-state index is -0.346. The van der Waals surface area contributed by atoms with Crippen molar-refractivity contribution in [2.45, 2.75) is 20.8 Å². The van der Waals surface area contributed by atoms with Gasteiger partial charge in [0.1, 0.15) is 5.76 Å². The average molecular weight is 342 g/mol. The Hall–Kier alpha value is -3.09. The summed E-state index contributed by atoms with van der Waals surface area (Å²) in [4.78, 5) is 25.1. The maximum absolute atomic E-state index is 12.0. The van der Waals surface area contributed by atoms with Crippen LogP contribution in [0, 0.1) is 0 Å². The molecule has 0 saturated heterocycles. The van der Waals surface area contributed by atoms with Gasteiger partial charge in [-0.15, -0.1) is 0 Å². The second-order valence-corrected chi connectivity index (χ2v) is 5.31. The Balaban J connectivity index is 1.93. The molecular weight excluding hydrogens is 320 g/mol. The van der Waals surface area contributed by atoms with Crippen molar-refractivity contribution in [3.8, 4) is 0 Å². The average Bonchev–Trinajstić information content (AvgIpc) is 3.05. The number of furan rings is 1. The number of hydrogen-bond donors (Lipinski definition) is 2. The van der Waals surface area contributed by atoms with Crippen molar-refractivity contribution in [3.63, 3.8) is 0 Å². The van der Waals surface area contributed by atoms with E-state index in [1.54, 1.807) is 30.3 Å². The predicted octanol–water partition coefficient (Wildman–Crippen LogP) is 2.85. The first-order chi connectivity index (χ1) is 12.0. The van der Waals surface area contributed by atoms with Crippen LogP contribution in [0.5, 0.6) is 0 Å². The fourth-order valence-corrected chi connectivity index (χ4v) is 2.24. The Morgan fingerprint density at radius 2 is 1.80 bits per heavy atom. The van der Waals surface area contributed by atoms with Gasteiger partial charge < -0.3 is 14.6 Å². The molecule has 0 aliphatic carbocycles. The number of carbonyl (C=O) groups is 2. The van der Waals surface area contributed by atoms with E-state index in [-0.39, 0.29) is 11.8 Å². The second kappa shape index (κ2) is 8.68. The summed E-state index contributed by atoms with van der Waals surface area (Å²) in [6.07, 6.45) is 1.45. The smallest absolute Gasteiger partial charge is 0.271 e. The molecule has 2 amide bonds. The molecule has 1 heterocycles. The number of hydrazone groups is 1. The fourth-order valence-electron chi connectivity index (χ4n) is 2.24. The predicted molar refractivity (Wildman–Crippen MR) is 98.1 cm³/mol. The third-order valence-electron chi connectivity index (χ3n) is 3.51. The van der Waals surface area contributed by atoms with E-state index in [2.05, 4.69) is 34.6 Å². The first-order valence-electron chi connectivity index (χ1n) is 8.09. The van der Waals surface area contributed by atoms with E-state index in [1.165, 1.54) is 13.1 Å². The molecule has 2 rings (SSSR count). The molecular formula is C18H22N4O3. The van der Waals surface area contributed by atoms with Crippen molar-refractivity contribution in [1.82, 2.24) is 5.43 Å². The molecule has 2 aromatic rings. The number of anilines is 2. The summed E-state index contributed by atoms with van der Waals surface area (Å²) < 4.78 is 5.65. The number of carbonyl (C=O) groups excluding carboxylic acids is 2. The maximum Gasteiger partial charge on any atom is 0.271 e. The van der Waals surface area contributed by atoms with E-state index in [4.69, 9.17) is 4.42 Å². The summed E-state index contributed by atoms with van der Waals surface area (Å²) in [5.41, 5.74) is 3.51. The lowest BCUT2D eigenvalue weighted by atomic mass is 10.2. The molecule has 0 atom stereocenters. The molecule has 1 aromatic heterocycles. The molecule has 0 saturated carbocycles. The lowest BCUT2D eigenvalue weighted by Gasteiger charge is -2.16. The summed E-state index contributed by atoms with van der Waals surface area (Å²) in [5.74, 6) is 0.819. The Kier molecular flexibility index (Phi) is 6.33. The normalized spacial score (nSPS) is 10.7. The highest BCUT2D eigenvalue weighted by Crippen LogP contribution is 2.16. The van der Waals surface area contributed by atoms with Gasteiger partial charge in [-0.3, -0.25) is 9.59 Å². The van der Waals surface area contributed by atoms with Crippen molar-refractivity contribution in [1.29, 1.82) is 0 Å². The van der Waals surface area contributed by atoms with Crippen molar-refractivity contribution in [2.24, 2.45) is 5.10 Å². The fraction of sp³-hybridized carbons (Fsp3) is 0.278. The monoisotopic (exact) mass is 342 g/mol. The van der Waals surface area contributed by atoms with Gasteiger partial charge in [0.15, 0.2) is 5.88 Å². The highest BCUT2D eigenvalue weighted by molar-refractivity contribution is 5.95. The van der Waals surface area contributed by atoms with E-state index >= 15 is 0 Å². The molecule has 1 aromatic carbocycles. The van der Waals surface area contributed by atoms with Crippen LogP contribution in [-0.4, -0.2) is 31.1 Å². The van der Waals surface area contributed by atoms with Gasteiger partial charge in [0, 0.05) is 37.3 Å². The van der Waals surface area contributed by atoms with Gasteiger partial charge in [-0.25, -0.2) is 5.43 Å². The largest absolute Gasteiger partial charge is 0.440 e. The lowest BCUT2D eigenvalue weighted by Crippen LogP contribution is -2.20. The Morgan fingerprint density at radius 1 is 1.12 bits per heavy atom. The third-order valence-corrected chi connectivity index (χ3v) is 3.51. The Morgan fingerprint density at radius 3 is 2.40 bits per heavy atom. The molecule has 0 radical (unpaired) electrons. The van der Waals surface area contributed by atoms with E-state index in [0.29, 0.717) is 17.0 Å². The Bertz CT molecular complexity index is 746. The zero-order valence-electron chi connectivity index (χ0n) is 14.6. The summed E-state index contributed by atoms with van der Waals surface area (Å²) in [6, 6.07) is 10.2. The van der Waals surface area contributed by atoms with E-state index in [9.17, 15) is 9.59 Å². The molecule has 7 nitrogen and oxygen atoms in total. The summed E-state index contributed by atoms with van der Waals surface area (Å²) in [5, 5.41) is 6.55. The minimum absolute atomic E-state index is 0.163. The van der Waals surface area contributed by atoms with E-state index in [0.717, 1.165) is 19.0 Å². The molecule has 132 valence electrons. The zero-order chi connectivity index (χ0) is 18.2. The summed E-state index contributed by atoms with van der Waals surface area (Å²) in [7, 11) is 0. The molecule has 0 fully saturated rings. The summed E-state index contributed by atoms with van der Waals surface area (Å²) >= 11 is 0. The van der Waals surface area contributed by atoms with Gasteiger partial charge in [-0.2, -0.15) is 5.10 Å². The van der Waals surface area contributed by atoms with Crippen LogP contribution in [0.1, 0.15) is 36.9 Å². The number of benzene rings is 1. The molecule has 0 spiro atoms. The Labute approximate surface area is 146 Å². The number of nitrogens with zero attached hydrogens (tertiary/aromatic N) is 2. The first-order valence-corrected chi connectivity index (χ1v) is 8.09. The van der Waals surface area contributed by atoms with Gasteiger partial charge in [-0.05, 0) is 44.2 Å². The van der Waals surface area contributed by atoms with Crippen LogP contribution in [0.25, 0.3) is 0 Å². The highest BCUT2D eigenvalue weighted by atomic mass is 16.4. The van der Waals surface area contributed by atoms with Crippen molar-refractivity contribution < 1.29 is 14.0 Å². The molecule has 2 N–H and O–H groups in total. The van der Waals surface area contributed by atoms with Crippen LogP contribution in [-0.2, 0) is 4.79 Å². The molecule has 0 aliphatic rings. The zero-order valence-corrected chi connectivity index (χ0v) is 14.6. The molecule has 7 heteroatoms. The van der Waals surface area contributed by atoms with Gasteiger partial charge in [-0.1, -0.05) is 0 Å². The van der Waals surface area contributed by atoms with E-state index in [1.807, 2.05) is 6.07 Å². The topological polar surface area (TPSA) is 86.9 Å². The van der Waals surface area contributed by atoms with Crippen LogP contribution in [0.4, 0.5) is 11.6 Å². The molecule has 25 heavy (non-hydrogen) atoms. The quantitative estimate of drug-likeness (QED) is 0.598. The van der Waals surface area contributed by atoms with Gasteiger partial charge in [0.05, 0.1) is 6.21 Å². The van der Waals surface area contributed by atoms with Crippen molar-refractivity contribution in [3.05, 3.63) is 47.7 Å². The van der Waals surface area contributed by atoms with Crippen LogP contribution < -0.4 is 15.6 Å². The van der Waals surface area contributed by atoms with Gasteiger partial charge in [0.25, 0.3) is 5.91 Å². The maximum atomic E-state index is 12.0. The van der Waals surface area contributed by atoms with Crippen LogP contribution in [0.2, 0.25) is 0 Å². The number of rotatable bonds is 7. The van der Waals surface area contributed by atoms with Crippen molar-refractivity contribution in [2.75, 3.05) is 23.3 Å². The molecule has 0 aliphatic heterocycles. The standard InChI is InChI=1S/C18H22N4O3/c1-4-22(5-2)17-11-10-16(25-17)12-19-21-18(24)14-6-8-15(9-7-14)20-13(3)23/h6-12H,4-5H2,1-3H3,(H,20,23)(H,21,24). The lowest BCUT2D eigenvalue weighted by molar-refractivity contribution is -0.114. The second-order valence-electron chi connectivity index (χ2n) is 5.31. The molecule has 0 unspecified atom stereocenters. The SMILES string of the molecule is CCN(CC)c1ccc(C=NNC(=O)c2ccc(NC(C)=O)cc2)o1. The van der Waals surface area contributed by atoms with E-state index < -0.39 is 0 Å². The highest BCUT2D eigenvalue weighted by Gasteiger charge is 2.07. The number of hydrogen-bond acceptors (Lipinski definition) is 5. The molecule has 0 bridgehead atoms.